The Labute approximate surface area is 151 Å². The van der Waals surface area contributed by atoms with Gasteiger partial charge in [-0.25, -0.2) is 15.0 Å². The van der Waals surface area contributed by atoms with E-state index < -0.39 is 0 Å². The van der Waals surface area contributed by atoms with Crippen molar-refractivity contribution in [1.82, 2.24) is 24.3 Å². The first-order chi connectivity index (χ1) is 12.2. The van der Waals surface area contributed by atoms with Gasteiger partial charge < -0.3 is 5.32 Å². The highest BCUT2D eigenvalue weighted by atomic mass is 32.1. The van der Waals surface area contributed by atoms with Crippen LogP contribution in [0.4, 0.5) is 5.82 Å². The third-order valence-electron chi connectivity index (χ3n) is 4.98. The van der Waals surface area contributed by atoms with Crippen molar-refractivity contribution in [2.45, 2.75) is 45.7 Å². The quantitative estimate of drug-likeness (QED) is 0.774. The van der Waals surface area contributed by atoms with E-state index in [4.69, 9.17) is 9.97 Å². The van der Waals surface area contributed by atoms with Crippen LogP contribution in [-0.4, -0.2) is 37.8 Å². The number of imidazole rings is 1. The minimum atomic E-state index is 0.339. The molecule has 0 spiro atoms. The first kappa shape index (κ1) is 16.5. The molecule has 0 aromatic carbocycles. The molecule has 1 aliphatic rings. The molecule has 6 nitrogen and oxygen atoms in total. The second kappa shape index (κ2) is 6.72. The van der Waals surface area contributed by atoms with E-state index in [1.807, 2.05) is 14.0 Å². The molecule has 0 bridgehead atoms. The van der Waals surface area contributed by atoms with Crippen LogP contribution in [0.25, 0.3) is 4.96 Å². The van der Waals surface area contributed by atoms with Crippen molar-refractivity contribution in [3.63, 3.8) is 0 Å². The molecule has 132 valence electrons. The van der Waals surface area contributed by atoms with Gasteiger partial charge in [-0.2, -0.15) is 0 Å². The molecule has 25 heavy (non-hydrogen) atoms. The molecule has 1 N–H and O–H groups in total. The van der Waals surface area contributed by atoms with E-state index in [2.05, 4.69) is 44.2 Å². The minimum absolute atomic E-state index is 0.339. The van der Waals surface area contributed by atoms with Gasteiger partial charge in [0.25, 0.3) is 0 Å². The lowest BCUT2D eigenvalue weighted by Gasteiger charge is -2.35. The largest absolute Gasteiger partial charge is 0.373 e. The summed E-state index contributed by atoms with van der Waals surface area (Å²) in [6.45, 7) is 6.08. The standard InChI is InChI=1S/C18H24N6S/c1-12-16(24-8-9-25-18(24)20-12)11-23-7-5-4-6-15(23)14-10-17(19-3)22-13(2)21-14/h8-10,15H,4-7,11H2,1-3H3,(H,19,21,22). The number of aryl methyl sites for hydroxylation is 2. The lowest BCUT2D eigenvalue weighted by Crippen LogP contribution is -2.34. The number of thiazole rings is 1. The number of fused-ring (bicyclic) bond motifs is 1. The van der Waals surface area contributed by atoms with Crippen LogP contribution in [0, 0.1) is 13.8 Å². The third-order valence-corrected chi connectivity index (χ3v) is 5.74. The Bertz CT molecular complexity index is 883. The third kappa shape index (κ3) is 3.14. The molecular formula is C18H24N6S. The fourth-order valence-corrected chi connectivity index (χ4v) is 4.51. The molecule has 0 amide bonds. The predicted octanol–water partition coefficient (Wildman–Crippen LogP) is 3.57. The average Bonchev–Trinajstić information content (AvgIpc) is 3.17. The van der Waals surface area contributed by atoms with Gasteiger partial charge in [0.2, 0.25) is 0 Å². The summed E-state index contributed by atoms with van der Waals surface area (Å²) in [5.41, 5.74) is 3.55. The maximum atomic E-state index is 4.75. The molecule has 3 aromatic rings. The minimum Gasteiger partial charge on any atom is -0.373 e. The molecule has 1 fully saturated rings. The van der Waals surface area contributed by atoms with Crippen molar-refractivity contribution in [1.29, 1.82) is 0 Å². The van der Waals surface area contributed by atoms with E-state index in [0.29, 0.717) is 6.04 Å². The second-order valence-electron chi connectivity index (χ2n) is 6.66. The van der Waals surface area contributed by atoms with Crippen LogP contribution in [0.2, 0.25) is 0 Å². The molecule has 7 heteroatoms. The monoisotopic (exact) mass is 356 g/mol. The summed E-state index contributed by atoms with van der Waals surface area (Å²) in [7, 11) is 1.91. The Hall–Kier alpha value is -1.99. The van der Waals surface area contributed by atoms with E-state index >= 15 is 0 Å². The summed E-state index contributed by atoms with van der Waals surface area (Å²) in [5.74, 6) is 1.72. The summed E-state index contributed by atoms with van der Waals surface area (Å²) in [5, 5.41) is 5.26. The van der Waals surface area contributed by atoms with Gasteiger partial charge in [-0.3, -0.25) is 9.30 Å². The highest BCUT2D eigenvalue weighted by Crippen LogP contribution is 2.32. The maximum Gasteiger partial charge on any atom is 0.194 e. The Morgan fingerprint density at radius 1 is 1.24 bits per heavy atom. The molecule has 1 aliphatic heterocycles. The molecule has 0 aliphatic carbocycles. The van der Waals surface area contributed by atoms with Crippen molar-refractivity contribution in [2.75, 3.05) is 18.9 Å². The van der Waals surface area contributed by atoms with E-state index in [1.165, 1.54) is 18.5 Å². The molecule has 0 saturated carbocycles. The Morgan fingerprint density at radius 3 is 2.96 bits per heavy atom. The zero-order chi connectivity index (χ0) is 17.4. The van der Waals surface area contributed by atoms with Gasteiger partial charge in [-0.05, 0) is 33.2 Å². The van der Waals surface area contributed by atoms with Crippen LogP contribution in [0.15, 0.2) is 17.6 Å². The van der Waals surface area contributed by atoms with Gasteiger partial charge in [0.1, 0.15) is 11.6 Å². The molecule has 4 heterocycles. The number of nitrogens with zero attached hydrogens (tertiary/aromatic N) is 5. The number of hydrogen-bond donors (Lipinski definition) is 1. The van der Waals surface area contributed by atoms with Crippen LogP contribution in [0.1, 0.15) is 48.2 Å². The molecule has 1 unspecified atom stereocenters. The maximum absolute atomic E-state index is 4.75. The van der Waals surface area contributed by atoms with Gasteiger partial charge in [-0.15, -0.1) is 11.3 Å². The Kier molecular flexibility index (Phi) is 4.43. The number of likely N-dealkylation sites (tertiary alicyclic amines) is 1. The summed E-state index contributed by atoms with van der Waals surface area (Å²) in [6, 6.07) is 2.44. The highest BCUT2D eigenvalue weighted by molar-refractivity contribution is 7.15. The van der Waals surface area contributed by atoms with Gasteiger partial charge in [0.15, 0.2) is 4.96 Å². The van der Waals surface area contributed by atoms with E-state index in [0.717, 1.165) is 47.5 Å². The molecule has 1 saturated heterocycles. The number of aromatic nitrogens is 4. The number of hydrogen-bond acceptors (Lipinski definition) is 6. The second-order valence-corrected chi connectivity index (χ2v) is 7.53. The van der Waals surface area contributed by atoms with E-state index in [1.54, 1.807) is 11.3 Å². The van der Waals surface area contributed by atoms with E-state index in [-0.39, 0.29) is 0 Å². The zero-order valence-electron chi connectivity index (χ0n) is 15.0. The normalized spacial score (nSPS) is 18.8. The van der Waals surface area contributed by atoms with Crippen molar-refractivity contribution in [3.05, 3.63) is 40.5 Å². The molecule has 0 radical (unpaired) electrons. The molecule has 3 aromatic heterocycles. The Balaban J connectivity index is 1.66. The smallest absolute Gasteiger partial charge is 0.194 e. The van der Waals surface area contributed by atoms with Crippen molar-refractivity contribution in [3.8, 4) is 0 Å². The predicted molar refractivity (Wildman–Crippen MR) is 101 cm³/mol. The number of piperidine rings is 1. The Morgan fingerprint density at radius 2 is 2.12 bits per heavy atom. The zero-order valence-corrected chi connectivity index (χ0v) is 15.8. The summed E-state index contributed by atoms with van der Waals surface area (Å²) in [6.07, 6.45) is 5.76. The molecular weight excluding hydrogens is 332 g/mol. The van der Waals surface area contributed by atoms with Crippen molar-refractivity contribution < 1.29 is 0 Å². The van der Waals surface area contributed by atoms with Gasteiger partial charge in [0, 0.05) is 31.2 Å². The summed E-state index contributed by atoms with van der Waals surface area (Å²) >= 11 is 1.69. The van der Waals surface area contributed by atoms with E-state index in [9.17, 15) is 0 Å². The average molecular weight is 356 g/mol. The summed E-state index contributed by atoms with van der Waals surface area (Å²) in [4.78, 5) is 17.5. The number of nitrogens with one attached hydrogen (secondary N) is 1. The van der Waals surface area contributed by atoms with Crippen LogP contribution in [-0.2, 0) is 6.54 Å². The molecule has 4 rings (SSSR count). The van der Waals surface area contributed by atoms with Gasteiger partial charge in [-0.1, -0.05) is 6.42 Å². The van der Waals surface area contributed by atoms with Gasteiger partial charge in [0.05, 0.1) is 23.1 Å². The van der Waals surface area contributed by atoms with Crippen LogP contribution in [0.3, 0.4) is 0 Å². The topological polar surface area (TPSA) is 58.4 Å². The molecule has 1 atom stereocenters. The fraction of sp³-hybridized carbons (Fsp3) is 0.500. The number of rotatable bonds is 4. The lowest BCUT2D eigenvalue weighted by atomic mass is 9.98. The SMILES string of the molecule is CNc1cc(C2CCCCN2Cc2c(C)nc3sccn23)nc(C)n1. The fourth-order valence-electron chi connectivity index (χ4n) is 3.73. The lowest BCUT2D eigenvalue weighted by molar-refractivity contribution is 0.135. The van der Waals surface area contributed by atoms with Crippen molar-refractivity contribution in [2.24, 2.45) is 0 Å². The van der Waals surface area contributed by atoms with Crippen molar-refractivity contribution >= 4 is 22.1 Å². The first-order valence-corrected chi connectivity index (χ1v) is 9.72. The summed E-state index contributed by atoms with van der Waals surface area (Å²) < 4.78 is 2.23. The number of anilines is 1. The van der Waals surface area contributed by atoms with Crippen LogP contribution >= 0.6 is 11.3 Å². The van der Waals surface area contributed by atoms with Gasteiger partial charge >= 0.3 is 0 Å². The first-order valence-electron chi connectivity index (χ1n) is 8.84. The van der Waals surface area contributed by atoms with Crippen LogP contribution in [0.5, 0.6) is 0 Å². The van der Waals surface area contributed by atoms with Crippen LogP contribution < -0.4 is 5.32 Å². The highest BCUT2D eigenvalue weighted by Gasteiger charge is 2.27.